The van der Waals surface area contributed by atoms with E-state index in [4.69, 9.17) is 0 Å². The number of hydrogen-bond acceptors (Lipinski definition) is 7. The lowest BCUT2D eigenvalue weighted by atomic mass is 10.0. The zero-order valence-corrected chi connectivity index (χ0v) is 20.2. The molecule has 2 aromatic carbocycles. The fourth-order valence-electron chi connectivity index (χ4n) is 4.06. The second-order valence-electron chi connectivity index (χ2n) is 8.51. The number of aromatic nitrogens is 3. The van der Waals surface area contributed by atoms with Crippen LogP contribution in [0.4, 0.5) is 28.8 Å². The molecule has 2 aromatic heterocycles. The zero-order valence-electron chi connectivity index (χ0n) is 19.4. The average molecular weight is 471 g/mol. The molecule has 0 aliphatic carbocycles. The number of anilines is 5. The Bertz CT molecular complexity index is 1380. The molecule has 7 nitrogen and oxygen atoms in total. The van der Waals surface area contributed by atoms with Crippen LogP contribution in [0.5, 0.6) is 0 Å². The molecule has 3 N–H and O–H groups in total. The number of aryl methyl sites for hydroxylation is 5. The first kappa shape index (κ1) is 22.0. The van der Waals surface area contributed by atoms with Gasteiger partial charge in [0.15, 0.2) is 0 Å². The van der Waals surface area contributed by atoms with E-state index in [0.29, 0.717) is 12.4 Å². The number of carbonyl (C=O) groups excluding carboxylic acids is 1. The van der Waals surface area contributed by atoms with Gasteiger partial charge < -0.3 is 16.0 Å². The zero-order chi connectivity index (χ0) is 23.7. The molecule has 8 heteroatoms. The topological polar surface area (TPSA) is 91.8 Å². The summed E-state index contributed by atoms with van der Waals surface area (Å²) in [5, 5.41) is 10.8. The highest BCUT2D eigenvalue weighted by molar-refractivity contribution is 7.11. The smallest absolute Gasteiger partial charge is 0.229 e. The molecule has 0 atom stereocenters. The van der Waals surface area contributed by atoms with Crippen LogP contribution in [0, 0.1) is 20.8 Å². The molecular weight excluding hydrogens is 444 g/mol. The molecule has 0 fully saturated rings. The third-order valence-electron chi connectivity index (χ3n) is 5.80. The second-order valence-corrected chi connectivity index (χ2v) is 9.80. The van der Waals surface area contributed by atoms with Crippen molar-refractivity contribution in [3.05, 3.63) is 80.9 Å². The minimum absolute atomic E-state index is 0.0332. The van der Waals surface area contributed by atoms with Crippen molar-refractivity contribution in [3.8, 4) is 0 Å². The number of rotatable bonds is 3. The van der Waals surface area contributed by atoms with Crippen LogP contribution in [0.15, 0.2) is 48.7 Å². The van der Waals surface area contributed by atoms with Crippen molar-refractivity contribution in [2.24, 2.45) is 0 Å². The number of thiazole rings is 1. The first-order chi connectivity index (χ1) is 16.4. The molecule has 6 bridgehead atoms. The first-order valence-electron chi connectivity index (χ1n) is 11.3. The molecular formula is C26H26N6OS. The average Bonchev–Trinajstić information content (AvgIpc) is 3.12. The minimum Gasteiger partial charge on any atom is -0.340 e. The third-order valence-corrected chi connectivity index (χ3v) is 6.87. The largest absolute Gasteiger partial charge is 0.340 e. The van der Waals surface area contributed by atoms with E-state index in [2.05, 4.69) is 49.1 Å². The molecule has 3 heterocycles. The van der Waals surface area contributed by atoms with Gasteiger partial charge in [0.1, 0.15) is 5.82 Å². The van der Waals surface area contributed by atoms with Gasteiger partial charge in [0.2, 0.25) is 11.9 Å². The Morgan fingerprint density at radius 2 is 1.88 bits per heavy atom. The predicted octanol–water partition coefficient (Wildman–Crippen LogP) is 5.63. The lowest BCUT2D eigenvalue weighted by Crippen LogP contribution is -2.16. The normalized spacial score (nSPS) is 12.4. The highest BCUT2D eigenvalue weighted by Gasteiger charge is 2.14. The van der Waals surface area contributed by atoms with Crippen LogP contribution in [0.25, 0.3) is 0 Å². The Labute approximate surface area is 202 Å². The molecule has 172 valence electrons. The van der Waals surface area contributed by atoms with Crippen LogP contribution in [-0.2, 0) is 24.1 Å². The number of carbonyl (C=O) groups is 1. The van der Waals surface area contributed by atoms with Crippen molar-refractivity contribution >= 4 is 46.1 Å². The Balaban J connectivity index is 1.47. The number of nitrogens with one attached hydrogen (secondary N) is 3. The second kappa shape index (κ2) is 9.23. The highest BCUT2D eigenvalue weighted by atomic mass is 32.1. The molecule has 34 heavy (non-hydrogen) atoms. The lowest BCUT2D eigenvalue weighted by Gasteiger charge is -2.15. The maximum absolute atomic E-state index is 12.9. The molecule has 4 aromatic rings. The van der Waals surface area contributed by atoms with Crippen molar-refractivity contribution < 1.29 is 4.79 Å². The van der Waals surface area contributed by atoms with Crippen LogP contribution in [0.1, 0.15) is 32.3 Å². The van der Waals surface area contributed by atoms with Crippen molar-refractivity contribution in [2.45, 2.75) is 40.0 Å². The van der Waals surface area contributed by atoms with E-state index in [-0.39, 0.29) is 5.91 Å². The number of benzene rings is 2. The van der Waals surface area contributed by atoms with Gasteiger partial charge in [-0.15, -0.1) is 11.3 Å². The lowest BCUT2D eigenvalue weighted by molar-refractivity contribution is -0.115. The van der Waals surface area contributed by atoms with E-state index >= 15 is 0 Å². The molecule has 1 amide bonds. The number of fused-ring (bicyclic) bond motifs is 6. The molecule has 0 saturated carbocycles. The monoisotopic (exact) mass is 470 g/mol. The molecule has 1 aliphatic rings. The first-order valence-corrected chi connectivity index (χ1v) is 12.1. The summed E-state index contributed by atoms with van der Waals surface area (Å²) in [4.78, 5) is 27.4. The van der Waals surface area contributed by atoms with E-state index in [1.807, 2.05) is 45.0 Å². The van der Waals surface area contributed by atoms with Gasteiger partial charge in [-0.1, -0.05) is 12.1 Å². The van der Waals surface area contributed by atoms with Gasteiger partial charge in [0.25, 0.3) is 0 Å². The maximum atomic E-state index is 12.9. The van der Waals surface area contributed by atoms with Crippen LogP contribution >= 0.6 is 11.3 Å². The molecule has 0 spiro atoms. The summed E-state index contributed by atoms with van der Waals surface area (Å²) < 4.78 is 0. The number of amides is 1. The third kappa shape index (κ3) is 4.92. The van der Waals surface area contributed by atoms with Gasteiger partial charge in [-0.25, -0.2) is 9.97 Å². The summed E-state index contributed by atoms with van der Waals surface area (Å²) >= 11 is 1.58. The van der Waals surface area contributed by atoms with Crippen molar-refractivity contribution in [1.82, 2.24) is 15.0 Å². The Kier molecular flexibility index (Phi) is 5.98. The fraction of sp³-hybridized carbons (Fsp3) is 0.231. The van der Waals surface area contributed by atoms with E-state index in [1.54, 1.807) is 17.5 Å². The Hall–Kier alpha value is -3.78. The van der Waals surface area contributed by atoms with Gasteiger partial charge >= 0.3 is 0 Å². The van der Waals surface area contributed by atoms with Gasteiger partial charge in [-0.2, -0.15) is 4.98 Å². The van der Waals surface area contributed by atoms with Crippen LogP contribution in [0.3, 0.4) is 0 Å². The summed E-state index contributed by atoms with van der Waals surface area (Å²) in [7, 11) is 0. The fourth-order valence-corrected chi connectivity index (χ4v) is 4.99. The van der Waals surface area contributed by atoms with E-state index in [9.17, 15) is 4.79 Å². The summed E-state index contributed by atoms with van der Waals surface area (Å²) in [6.45, 7) is 5.89. The van der Waals surface area contributed by atoms with E-state index in [0.717, 1.165) is 62.4 Å². The van der Waals surface area contributed by atoms with Crippen molar-refractivity contribution in [1.29, 1.82) is 0 Å². The quantitative estimate of drug-likeness (QED) is 0.360. The molecule has 5 rings (SSSR count). The molecule has 0 unspecified atom stereocenters. The van der Waals surface area contributed by atoms with Crippen molar-refractivity contribution in [3.63, 3.8) is 0 Å². The number of nitrogens with zero attached hydrogens (tertiary/aromatic N) is 3. The van der Waals surface area contributed by atoms with Crippen LogP contribution < -0.4 is 16.0 Å². The Morgan fingerprint density at radius 3 is 2.71 bits per heavy atom. The van der Waals surface area contributed by atoms with Gasteiger partial charge in [0.05, 0.1) is 17.1 Å². The van der Waals surface area contributed by atoms with E-state index < -0.39 is 0 Å². The highest BCUT2D eigenvalue weighted by Crippen LogP contribution is 2.28. The standard InChI is InChI=1S/C26H26N6OS/c1-15-14-27-26-30-20-6-4-5-18(11-20)7-8-19-12-21(29-25(15)32-26)9-10-22(19)31-24(33)13-23-16(2)28-17(3)34-23/h4-6,9-12,14H,7-8,13H2,1-3H3,(H,31,33)(H2,27,29,30,32). The summed E-state index contributed by atoms with van der Waals surface area (Å²) in [6, 6.07) is 14.3. The minimum atomic E-state index is -0.0332. The maximum Gasteiger partial charge on any atom is 0.229 e. The van der Waals surface area contributed by atoms with Crippen LogP contribution in [-0.4, -0.2) is 20.9 Å². The van der Waals surface area contributed by atoms with Gasteiger partial charge in [-0.3, -0.25) is 4.79 Å². The SMILES string of the molecule is Cc1nc(C)c(CC(=O)Nc2ccc3cc2CCc2cccc(c2)Nc2ncc(C)c(n2)N3)s1. The number of hydrogen-bond donors (Lipinski definition) is 3. The predicted molar refractivity (Wildman–Crippen MR) is 138 cm³/mol. The molecule has 0 radical (unpaired) electrons. The molecule has 1 aliphatic heterocycles. The Morgan fingerprint density at radius 1 is 1.03 bits per heavy atom. The van der Waals surface area contributed by atoms with Gasteiger partial charge in [0, 0.05) is 33.7 Å². The van der Waals surface area contributed by atoms with Gasteiger partial charge in [-0.05, 0) is 75.1 Å². The summed E-state index contributed by atoms with van der Waals surface area (Å²) in [5.74, 6) is 1.25. The summed E-state index contributed by atoms with van der Waals surface area (Å²) in [6.07, 6.45) is 3.76. The summed E-state index contributed by atoms with van der Waals surface area (Å²) in [5.41, 5.74) is 6.84. The molecule has 0 saturated heterocycles. The van der Waals surface area contributed by atoms with Crippen molar-refractivity contribution in [2.75, 3.05) is 16.0 Å². The van der Waals surface area contributed by atoms with Crippen LogP contribution in [0.2, 0.25) is 0 Å². The van der Waals surface area contributed by atoms with E-state index in [1.165, 1.54) is 5.56 Å².